The van der Waals surface area contributed by atoms with Gasteiger partial charge >= 0.3 is 0 Å². The summed E-state index contributed by atoms with van der Waals surface area (Å²) in [5.74, 6) is -0.0837. The van der Waals surface area contributed by atoms with Crippen LogP contribution in [0.5, 0.6) is 5.75 Å². The van der Waals surface area contributed by atoms with Crippen LogP contribution in [-0.2, 0) is 20.8 Å². The zero-order valence-electron chi connectivity index (χ0n) is 17.6. The normalized spacial score (nSPS) is 15.6. The van der Waals surface area contributed by atoms with E-state index in [1.165, 1.54) is 10.5 Å². The second-order valence-electron chi connectivity index (χ2n) is 7.42. The molecule has 0 aromatic heterocycles. The summed E-state index contributed by atoms with van der Waals surface area (Å²) in [6.45, 7) is 3.64. The highest BCUT2D eigenvalue weighted by molar-refractivity contribution is 6.05. The molecule has 2 aromatic rings. The number of hydrogen-bond donors (Lipinski definition) is 1. The minimum atomic E-state index is -0.321. The van der Waals surface area contributed by atoms with Crippen molar-refractivity contribution >= 4 is 29.1 Å². The molecule has 1 N–H and O–H groups in total. The van der Waals surface area contributed by atoms with Crippen LogP contribution in [0, 0.1) is 0 Å². The first kappa shape index (κ1) is 21.4. The van der Waals surface area contributed by atoms with Gasteiger partial charge in [-0.3, -0.25) is 14.4 Å². The zero-order valence-corrected chi connectivity index (χ0v) is 17.6. The van der Waals surface area contributed by atoms with Crippen molar-refractivity contribution in [2.45, 2.75) is 32.7 Å². The van der Waals surface area contributed by atoms with Gasteiger partial charge in [0.05, 0.1) is 17.9 Å². The van der Waals surface area contributed by atoms with Crippen LogP contribution >= 0.6 is 0 Å². The highest BCUT2D eigenvalue weighted by Gasteiger charge is 2.30. The summed E-state index contributed by atoms with van der Waals surface area (Å²) in [4.78, 5) is 40.5. The fraction of sp³-hybridized carbons (Fsp3) is 0.348. The van der Waals surface area contributed by atoms with Crippen LogP contribution in [0.1, 0.15) is 25.8 Å². The number of amides is 3. The van der Waals surface area contributed by atoms with Gasteiger partial charge in [-0.15, -0.1) is 0 Å². The summed E-state index contributed by atoms with van der Waals surface area (Å²) in [7, 11) is 1.57. The number of carbonyl (C=O) groups is 3. The highest BCUT2D eigenvalue weighted by atomic mass is 16.5. The highest BCUT2D eigenvalue weighted by Crippen LogP contribution is 2.31. The second kappa shape index (κ2) is 9.43. The second-order valence-corrected chi connectivity index (χ2v) is 7.42. The standard InChI is InChI=1S/C23H27N3O4/c1-4-17-9-11-18(12-10-17)30-15-23(29)25(3)14-22(28)26-16(2)13-21(27)24-19-7-5-6-8-20(19)26/h5-12,16H,4,13-15H2,1-3H3,(H,24,27). The van der Waals surface area contributed by atoms with Crippen molar-refractivity contribution in [2.75, 3.05) is 30.4 Å². The summed E-state index contributed by atoms with van der Waals surface area (Å²) < 4.78 is 5.56. The molecule has 158 valence electrons. The zero-order chi connectivity index (χ0) is 21.7. The maximum Gasteiger partial charge on any atom is 0.260 e. The van der Waals surface area contributed by atoms with Gasteiger partial charge in [-0.2, -0.15) is 0 Å². The van der Waals surface area contributed by atoms with Crippen LogP contribution < -0.4 is 15.0 Å². The Labute approximate surface area is 176 Å². The van der Waals surface area contributed by atoms with Gasteiger partial charge in [0.25, 0.3) is 5.91 Å². The Bertz CT molecular complexity index is 926. The Balaban J connectivity index is 1.63. The van der Waals surface area contributed by atoms with Crippen molar-refractivity contribution in [3.63, 3.8) is 0 Å². The topological polar surface area (TPSA) is 79.0 Å². The number of nitrogens with one attached hydrogen (secondary N) is 1. The number of anilines is 2. The SMILES string of the molecule is CCc1ccc(OCC(=O)N(C)CC(=O)N2c3ccccc3NC(=O)CC2C)cc1. The van der Waals surface area contributed by atoms with Crippen molar-refractivity contribution in [1.82, 2.24) is 4.90 Å². The first-order chi connectivity index (χ1) is 14.4. The molecule has 7 nitrogen and oxygen atoms in total. The number of hydrogen-bond acceptors (Lipinski definition) is 4. The van der Waals surface area contributed by atoms with E-state index >= 15 is 0 Å². The molecule has 0 fully saturated rings. The molecule has 0 aliphatic carbocycles. The van der Waals surface area contributed by atoms with Crippen LogP contribution in [0.3, 0.4) is 0 Å². The van der Waals surface area contributed by atoms with E-state index in [0.717, 1.165) is 6.42 Å². The summed E-state index contributed by atoms with van der Waals surface area (Å²) >= 11 is 0. The predicted octanol–water partition coefficient (Wildman–Crippen LogP) is 2.85. The summed E-state index contributed by atoms with van der Waals surface area (Å²) in [5.41, 5.74) is 2.42. The maximum absolute atomic E-state index is 13.0. The summed E-state index contributed by atoms with van der Waals surface area (Å²) in [6, 6.07) is 14.4. The van der Waals surface area contributed by atoms with Crippen molar-refractivity contribution in [3.8, 4) is 5.75 Å². The molecule has 1 heterocycles. The third-order valence-corrected chi connectivity index (χ3v) is 5.12. The maximum atomic E-state index is 13.0. The van der Waals surface area contributed by atoms with Gasteiger partial charge in [0.15, 0.2) is 6.61 Å². The Hall–Kier alpha value is -3.35. The third-order valence-electron chi connectivity index (χ3n) is 5.12. The lowest BCUT2D eigenvalue weighted by molar-refractivity contribution is -0.135. The minimum Gasteiger partial charge on any atom is -0.484 e. The van der Waals surface area contributed by atoms with E-state index < -0.39 is 0 Å². The van der Waals surface area contributed by atoms with Gasteiger partial charge in [-0.25, -0.2) is 0 Å². The Morgan fingerprint density at radius 2 is 1.87 bits per heavy atom. The van der Waals surface area contributed by atoms with Crippen LogP contribution in [0.4, 0.5) is 11.4 Å². The number of likely N-dealkylation sites (N-methyl/N-ethyl adjacent to an activating group) is 1. The lowest BCUT2D eigenvalue weighted by Crippen LogP contribution is -2.46. The molecule has 7 heteroatoms. The van der Waals surface area contributed by atoms with Gasteiger partial charge in [0.2, 0.25) is 11.8 Å². The number of aryl methyl sites for hydroxylation is 1. The molecule has 0 saturated carbocycles. The molecule has 0 radical (unpaired) electrons. The van der Waals surface area contributed by atoms with Crippen LogP contribution in [0.15, 0.2) is 48.5 Å². The van der Waals surface area contributed by atoms with Crippen LogP contribution in [0.25, 0.3) is 0 Å². The van der Waals surface area contributed by atoms with Crippen LogP contribution in [0.2, 0.25) is 0 Å². The average molecular weight is 409 g/mol. The number of nitrogens with zero attached hydrogens (tertiary/aromatic N) is 2. The van der Waals surface area contributed by atoms with E-state index in [0.29, 0.717) is 17.1 Å². The quantitative estimate of drug-likeness (QED) is 0.796. The number of benzene rings is 2. The molecule has 0 saturated heterocycles. The van der Waals surface area contributed by atoms with Crippen molar-refractivity contribution in [2.24, 2.45) is 0 Å². The monoisotopic (exact) mass is 409 g/mol. The molecule has 30 heavy (non-hydrogen) atoms. The first-order valence-corrected chi connectivity index (χ1v) is 10.1. The smallest absolute Gasteiger partial charge is 0.260 e. The summed E-state index contributed by atoms with van der Waals surface area (Å²) in [6.07, 6.45) is 1.12. The molecule has 0 bridgehead atoms. The van der Waals surface area contributed by atoms with Gasteiger partial charge < -0.3 is 19.9 Å². The van der Waals surface area contributed by atoms with E-state index in [-0.39, 0.29) is 43.3 Å². The van der Waals surface area contributed by atoms with E-state index in [1.54, 1.807) is 30.1 Å². The van der Waals surface area contributed by atoms with Crippen molar-refractivity contribution < 1.29 is 19.1 Å². The minimum absolute atomic E-state index is 0.107. The molecule has 1 atom stereocenters. The van der Waals surface area contributed by atoms with Crippen LogP contribution in [-0.4, -0.2) is 48.9 Å². The molecular weight excluding hydrogens is 382 g/mol. The molecule has 1 unspecified atom stereocenters. The van der Waals surface area contributed by atoms with Gasteiger partial charge in [-0.1, -0.05) is 31.2 Å². The predicted molar refractivity (Wildman–Crippen MR) is 116 cm³/mol. The van der Waals surface area contributed by atoms with E-state index in [1.807, 2.05) is 37.3 Å². The molecule has 3 amide bonds. The molecule has 1 aliphatic rings. The van der Waals surface area contributed by atoms with E-state index in [2.05, 4.69) is 12.2 Å². The number of rotatable bonds is 6. The van der Waals surface area contributed by atoms with Crippen molar-refractivity contribution in [3.05, 3.63) is 54.1 Å². The van der Waals surface area contributed by atoms with E-state index in [4.69, 9.17) is 4.74 Å². The Morgan fingerprint density at radius 1 is 1.17 bits per heavy atom. The lowest BCUT2D eigenvalue weighted by Gasteiger charge is -2.29. The number of fused-ring (bicyclic) bond motifs is 1. The number of ether oxygens (including phenoxy) is 1. The first-order valence-electron chi connectivity index (χ1n) is 10.1. The molecule has 1 aliphatic heterocycles. The Morgan fingerprint density at radius 3 is 2.57 bits per heavy atom. The molecule has 3 rings (SSSR count). The van der Waals surface area contributed by atoms with Gasteiger partial charge in [-0.05, 0) is 43.2 Å². The Kier molecular flexibility index (Phi) is 6.72. The average Bonchev–Trinajstić information content (AvgIpc) is 2.86. The molecule has 2 aromatic carbocycles. The van der Waals surface area contributed by atoms with Gasteiger partial charge in [0, 0.05) is 19.5 Å². The van der Waals surface area contributed by atoms with Gasteiger partial charge in [0.1, 0.15) is 5.75 Å². The number of para-hydroxylation sites is 2. The fourth-order valence-electron chi connectivity index (χ4n) is 3.41. The number of carbonyl (C=O) groups excluding carboxylic acids is 3. The summed E-state index contributed by atoms with van der Waals surface area (Å²) in [5, 5.41) is 2.83. The fourth-order valence-corrected chi connectivity index (χ4v) is 3.41. The molecular formula is C23H27N3O4. The third kappa shape index (κ3) is 4.97. The van der Waals surface area contributed by atoms with E-state index in [9.17, 15) is 14.4 Å². The molecule has 0 spiro atoms. The largest absolute Gasteiger partial charge is 0.484 e. The van der Waals surface area contributed by atoms with Crippen molar-refractivity contribution in [1.29, 1.82) is 0 Å². The lowest BCUT2D eigenvalue weighted by atomic mass is 10.1.